The van der Waals surface area contributed by atoms with Crippen LogP contribution in [-0.2, 0) is 9.53 Å². The van der Waals surface area contributed by atoms with Gasteiger partial charge in [-0.05, 0) is 6.42 Å². The molecule has 23 heavy (non-hydrogen) atoms. The van der Waals surface area contributed by atoms with E-state index in [2.05, 4.69) is 25.5 Å². The van der Waals surface area contributed by atoms with Crippen molar-refractivity contribution in [2.75, 3.05) is 7.11 Å². The minimum Gasteiger partial charge on any atom is -0.469 e. The number of esters is 1. The molecule has 2 heteroatoms. The second-order valence-corrected chi connectivity index (χ2v) is 6.57. The zero-order chi connectivity index (χ0) is 17.6. The summed E-state index contributed by atoms with van der Waals surface area (Å²) >= 11 is 0. The molecule has 0 aliphatic carbocycles. The number of methoxy groups -OCH3 is 1. The lowest BCUT2D eigenvalue weighted by Crippen LogP contribution is -1.99. The number of ether oxygens (including phenoxy) is 1. The van der Waals surface area contributed by atoms with Crippen molar-refractivity contribution >= 4 is 5.97 Å². The third kappa shape index (κ3) is 26.7. The first kappa shape index (κ1) is 24.7. The van der Waals surface area contributed by atoms with Crippen molar-refractivity contribution < 1.29 is 9.53 Å². The van der Waals surface area contributed by atoms with Crippen molar-refractivity contribution in [1.29, 1.82) is 0 Å². The summed E-state index contributed by atoms with van der Waals surface area (Å²) in [5.74, 6) is -0.0698. The standard InChI is InChI=1S/C14H28O2.C7H16/c1-3-4-5-6-7-8-9-10-11-12-13-14(15)16-2;1-3-5-7-6-4-2/h3-13H2,1-2H3;3-7H2,1-2H3. The quantitative estimate of drug-likeness (QED) is 0.230. The molecule has 0 unspecified atom stereocenters. The molecule has 0 amide bonds. The number of hydrogen-bond donors (Lipinski definition) is 0. The van der Waals surface area contributed by atoms with E-state index in [9.17, 15) is 4.79 Å². The van der Waals surface area contributed by atoms with E-state index < -0.39 is 0 Å². The smallest absolute Gasteiger partial charge is 0.305 e. The van der Waals surface area contributed by atoms with Crippen LogP contribution in [0.5, 0.6) is 0 Å². The van der Waals surface area contributed by atoms with Crippen molar-refractivity contribution in [2.45, 2.75) is 124 Å². The maximum Gasteiger partial charge on any atom is 0.305 e. The lowest BCUT2D eigenvalue weighted by Gasteiger charge is -2.01. The van der Waals surface area contributed by atoms with Crippen molar-refractivity contribution in [3.05, 3.63) is 0 Å². The van der Waals surface area contributed by atoms with Crippen LogP contribution >= 0.6 is 0 Å². The summed E-state index contributed by atoms with van der Waals surface area (Å²) in [5, 5.41) is 0. The minimum absolute atomic E-state index is 0.0698. The van der Waals surface area contributed by atoms with Gasteiger partial charge in [-0.3, -0.25) is 4.79 Å². The van der Waals surface area contributed by atoms with Crippen LogP contribution in [0.4, 0.5) is 0 Å². The van der Waals surface area contributed by atoms with Crippen LogP contribution in [-0.4, -0.2) is 13.1 Å². The van der Waals surface area contributed by atoms with Gasteiger partial charge in [-0.15, -0.1) is 0 Å². The lowest BCUT2D eigenvalue weighted by atomic mass is 10.1. The second kappa shape index (κ2) is 23.7. The number of hydrogen-bond acceptors (Lipinski definition) is 2. The van der Waals surface area contributed by atoms with Crippen LogP contribution < -0.4 is 0 Å². The van der Waals surface area contributed by atoms with Gasteiger partial charge in [0.05, 0.1) is 7.11 Å². The van der Waals surface area contributed by atoms with Gasteiger partial charge in [-0.25, -0.2) is 0 Å². The van der Waals surface area contributed by atoms with E-state index in [1.165, 1.54) is 97.0 Å². The van der Waals surface area contributed by atoms with Gasteiger partial charge in [0.25, 0.3) is 0 Å². The number of unbranched alkanes of at least 4 members (excludes halogenated alkanes) is 13. The molecule has 0 bridgehead atoms. The maximum absolute atomic E-state index is 10.8. The van der Waals surface area contributed by atoms with E-state index in [1.807, 2.05) is 0 Å². The Kier molecular flexibility index (Phi) is 25.5. The highest BCUT2D eigenvalue weighted by molar-refractivity contribution is 5.68. The molecule has 0 N–H and O–H groups in total. The van der Waals surface area contributed by atoms with Gasteiger partial charge >= 0.3 is 5.97 Å². The molecule has 0 heterocycles. The maximum atomic E-state index is 10.8. The molecule has 0 aliphatic heterocycles. The number of rotatable bonds is 15. The van der Waals surface area contributed by atoms with E-state index in [0.717, 1.165) is 6.42 Å². The summed E-state index contributed by atoms with van der Waals surface area (Å²) in [4.78, 5) is 10.8. The Hall–Kier alpha value is -0.530. The van der Waals surface area contributed by atoms with Crippen LogP contribution in [0.15, 0.2) is 0 Å². The summed E-state index contributed by atoms with van der Waals surface area (Å²) < 4.78 is 4.59. The van der Waals surface area contributed by atoms with Gasteiger partial charge in [0, 0.05) is 6.42 Å². The molecule has 0 atom stereocenters. The molecular weight excluding hydrogens is 284 g/mol. The molecule has 0 radical (unpaired) electrons. The SMILES string of the molecule is CCCCCCC.CCCCCCCCCCCCC(=O)OC. The van der Waals surface area contributed by atoms with Gasteiger partial charge in [0.1, 0.15) is 0 Å². The molecule has 0 fully saturated rings. The van der Waals surface area contributed by atoms with E-state index in [0.29, 0.717) is 6.42 Å². The summed E-state index contributed by atoms with van der Waals surface area (Å²) in [5.41, 5.74) is 0. The molecule has 0 aliphatic rings. The summed E-state index contributed by atoms with van der Waals surface area (Å²) in [7, 11) is 1.46. The van der Waals surface area contributed by atoms with Crippen molar-refractivity contribution in [3.8, 4) is 0 Å². The van der Waals surface area contributed by atoms with Crippen LogP contribution in [0.1, 0.15) is 124 Å². The number of carbonyl (C=O) groups is 1. The largest absolute Gasteiger partial charge is 0.469 e. The summed E-state index contributed by atoms with van der Waals surface area (Å²) in [6.07, 6.45) is 20.6. The Morgan fingerprint density at radius 1 is 0.565 bits per heavy atom. The Morgan fingerprint density at radius 2 is 0.870 bits per heavy atom. The molecule has 0 aromatic heterocycles. The summed E-state index contributed by atoms with van der Waals surface area (Å²) in [6, 6.07) is 0. The molecule has 2 nitrogen and oxygen atoms in total. The van der Waals surface area contributed by atoms with Crippen molar-refractivity contribution in [3.63, 3.8) is 0 Å². The third-order valence-electron chi connectivity index (χ3n) is 4.17. The highest BCUT2D eigenvalue weighted by Gasteiger charge is 1.98. The third-order valence-corrected chi connectivity index (χ3v) is 4.17. The minimum atomic E-state index is -0.0698. The molecule has 0 aromatic carbocycles. The van der Waals surface area contributed by atoms with Crippen LogP contribution in [0.2, 0.25) is 0 Å². The van der Waals surface area contributed by atoms with E-state index in [1.54, 1.807) is 0 Å². The highest BCUT2D eigenvalue weighted by Crippen LogP contribution is 2.11. The van der Waals surface area contributed by atoms with Crippen molar-refractivity contribution in [1.82, 2.24) is 0 Å². The molecule has 0 aromatic rings. The van der Waals surface area contributed by atoms with Crippen molar-refractivity contribution in [2.24, 2.45) is 0 Å². The van der Waals surface area contributed by atoms with Crippen LogP contribution in [0.25, 0.3) is 0 Å². The number of carbonyl (C=O) groups excluding carboxylic acids is 1. The van der Waals surface area contributed by atoms with Crippen LogP contribution in [0, 0.1) is 0 Å². The first-order chi connectivity index (χ1) is 11.2. The van der Waals surface area contributed by atoms with Gasteiger partial charge in [-0.2, -0.15) is 0 Å². The Bertz CT molecular complexity index is 210. The van der Waals surface area contributed by atoms with E-state index >= 15 is 0 Å². The van der Waals surface area contributed by atoms with E-state index in [4.69, 9.17) is 0 Å². The topological polar surface area (TPSA) is 26.3 Å². The molecular formula is C21H44O2. The zero-order valence-corrected chi connectivity index (χ0v) is 16.6. The van der Waals surface area contributed by atoms with E-state index in [-0.39, 0.29) is 5.97 Å². The monoisotopic (exact) mass is 328 g/mol. The van der Waals surface area contributed by atoms with Gasteiger partial charge in [0.15, 0.2) is 0 Å². The Balaban J connectivity index is 0. The van der Waals surface area contributed by atoms with Gasteiger partial charge < -0.3 is 4.74 Å². The Labute approximate surface area is 146 Å². The first-order valence-electron chi connectivity index (χ1n) is 10.3. The van der Waals surface area contributed by atoms with Crippen LogP contribution in [0.3, 0.4) is 0 Å². The Morgan fingerprint density at radius 3 is 1.22 bits per heavy atom. The highest BCUT2D eigenvalue weighted by atomic mass is 16.5. The average Bonchev–Trinajstić information content (AvgIpc) is 2.57. The molecule has 0 saturated carbocycles. The second-order valence-electron chi connectivity index (χ2n) is 6.57. The molecule has 0 spiro atoms. The normalized spacial score (nSPS) is 10.1. The molecule has 0 rings (SSSR count). The zero-order valence-electron chi connectivity index (χ0n) is 16.6. The average molecular weight is 329 g/mol. The summed E-state index contributed by atoms with van der Waals surface area (Å²) in [6.45, 7) is 6.74. The fraction of sp³-hybridized carbons (Fsp3) is 0.952. The lowest BCUT2D eigenvalue weighted by molar-refractivity contribution is -0.140. The first-order valence-corrected chi connectivity index (χ1v) is 10.3. The van der Waals surface area contributed by atoms with Gasteiger partial charge in [0.2, 0.25) is 0 Å². The predicted octanol–water partition coefficient (Wildman–Crippen LogP) is 7.45. The predicted molar refractivity (Wildman–Crippen MR) is 103 cm³/mol. The molecule has 0 saturated heterocycles. The molecule has 140 valence electrons. The fourth-order valence-electron chi connectivity index (χ4n) is 2.54. The fourth-order valence-corrected chi connectivity index (χ4v) is 2.54. The van der Waals surface area contributed by atoms with Gasteiger partial charge in [-0.1, -0.05) is 111 Å².